The van der Waals surface area contributed by atoms with Crippen LogP contribution >= 0.6 is 0 Å². The summed E-state index contributed by atoms with van der Waals surface area (Å²) in [4.78, 5) is 64.6. The molecule has 0 saturated carbocycles. The van der Waals surface area contributed by atoms with Gasteiger partial charge in [0.15, 0.2) is 0 Å². The van der Waals surface area contributed by atoms with Crippen LogP contribution in [0.2, 0.25) is 0 Å². The predicted molar refractivity (Wildman–Crippen MR) is 349 cm³/mol. The Morgan fingerprint density at radius 3 is 1.06 bits per heavy atom. The molecule has 13 aromatic rings. The van der Waals surface area contributed by atoms with Gasteiger partial charge in [-0.25, -0.2) is 9.80 Å². The first-order valence-corrected chi connectivity index (χ1v) is 29.9. The van der Waals surface area contributed by atoms with Crippen LogP contribution in [0, 0.1) is 0 Å². The van der Waals surface area contributed by atoms with Gasteiger partial charge >= 0.3 is 0 Å². The van der Waals surface area contributed by atoms with Crippen LogP contribution in [0.15, 0.2) is 176 Å². The quantitative estimate of drug-likeness (QED) is 0.0777. The van der Waals surface area contributed by atoms with E-state index < -0.39 is 0 Å². The summed E-state index contributed by atoms with van der Waals surface area (Å²) in [5.41, 5.74) is 10.8. The second-order valence-corrected chi connectivity index (χ2v) is 25.7. The maximum absolute atomic E-state index is 15.5. The summed E-state index contributed by atoms with van der Waals surface area (Å²) in [5, 5.41) is 16.5. The summed E-state index contributed by atoms with van der Waals surface area (Å²) in [7, 11) is 0. The van der Waals surface area contributed by atoms with E-state index in [1.165, 1.54) is 37.1 Å². The van der Waals surface area contributed by atoms with Crippen LogP contribution in [0.5, 0.6) is 0 Å². The first-order chi connectivity index (χ1) is 40.5. The van der Waals surface area contributed by atoms with Crippen LogP contribution in [-0.4, -0.2) is 23.6 Å². The Labute approximate surface area is 489 Å². The van der Waals surface area contributed by atoms with Crippen molar-refractivity contribution in [3.63, 3.8) is 0 Å². The molecular formula is C78H64N2O4. The number of fused-ring (bicyclic) bond motifs is 4. The van der Waals surface area contributed by atoms with Gasteiger partial charge in [0.1, 0.15) is 0 Å². The lowest BCUT2D eigenvalue weighted by atomic mass is 9.81. The van der Waals surface area contributed by atoms with Crippen LogP contribution in [-0.2, 0) is 5.41 Å². The van der Waals surface area contributed by atoms with E-state index in [1.807, 2.05) is 24.3 Å². The molecule has 2 aliphatic rings. The van der Waals surface area contributed by atoms with Crippen molar-refractivity contribution >= 4 is 121 Å². The lowest BCUT2D eigenvalue weighted by Crippen LogP contribution is -2.42. The number of imide groups is 2. The Morgan fingerprint density at radius 2 is 0.655 bits per heavy atom. The zero-order chi connectivity index (χ0) is 57.9. The van der Waals surface area contributed by atoms with Crippen molar-refractivity contribution in [2.75, 3.05) is 9.80 Å². The van der Waals surface area contributed by atoms with Gasteiger partial charge < -0.3 is 0 Å². The Kier molecular flexibility index (Phi) is 11.4. The predicted octanol–water partition coefficient (Wildman–Crippen LogP) is 20.3. The molecule has 0 N–H and O–H groups in total. The number of hydrogen-bond acceptors (Lipinski definition) is 4. The minimum absolute atomic E-state index is 0.00449. The van der Waals surface area contributed by atoms with Gasteiger partial charge in [-0.05, 0) is 181 Å². The topological polar surface area (TPSA) is 74.8 Å². The molecule has 0 bridgehead atoms. The molecule has 2 heterocycles. The third-order valence-corrected chi connectivity index (χ3v) is 19.2. The van der Waals surface area contributed by atoms with E-state index in [1.54, 1.807) is 0 Å². The lowest BCUT2D eigenvalue weighted by Gasteiger charge is -2.34. The lowest BCUT2D eigenvalue weighted by molar-refractivity contribution is 0.0877. The number of para-hydroxylation sites is 2. The maximum atomic E-state index is 15.5. The second kappa shape index (κ2) is 18.6. The summed E-state index contributed by atoms with van der Waals surface area (Å²) < 4.78 is 0. The zero-order valence-electron chi connectivity index (χ0n) is 49.0. The highest BCUT2D eigenvalue weighted by Crippen LogP contribution is 2.50. The minimum atomic E-state index is -0.320. The summed E-state index contributed by atoms with van der Waals surface area (Å²) in [6.45, 7) is 19.6. The third kappa shape index (κ3) is 7.28. The van der Waals surface area contributed by atoms with E-state index >= 15 is 19.2 Å². The number of hydrogen-bond donors (Lipinski definition) is 0. The number of carbonyl (C=O) groups is 4. The summed E-state index contributed by atoms with van der Waals surface area (Å²) in [5.74, 6) is -1.42. The molecule has 13 aromatic carbocycles. The van der Waals surface area contributed by atoms with E-state index in [0.717, 1.165) is 92.5 Å². The Bertz CT molecular complexity index is 4850. The molecular weight excluding hydrogens is 1030 g/mol. The average molecular weight is 1090 g/mol. The molecule has 15 rings (SSSR count). The van der Waals surface area contributed by atoms with Crippen LogP contribution in [0.1, 0.15) is 168 Å². The van der Waals surface area contributed by atoms with Crippen LogP contribution in [0.25, 0.3) is 97.3 Å². The molecule has 0 fully saturated rings. The maximum Gasteiger partial charge on any atom is 0.266 e. The van der Waals surface area contributed by atoms with Crippen LogP contribution in [0.4, 0.5) is 11.4 Å². The number of amides is 4. The van der Waals surface area contributed by atoms with Crippen molar-refractivity contribution in [3.8, 4) is 11.1 Å². The zero-order valence-corrected chi connectivity index (χ0v) is 49.0. The smallest absolute Gasteiger partial charge is 0.266 e. The third-order valence-electron chi connectivity index (χ3n) is 19.2. The van der Waals surface area contributed by atoms with Gasteiger partial charge in [-0.15, -0.1) is 0 Å². The molecule has 4 amide bonds. The summed E-state index contributed by atoms with van der Waals surface area (Å²) in [6.07, 6.45) is 1.41. The van der Waals surface area contributed by atoms with Crippen molar-refractivity contribution in [2.24, 2.45) is 0 Å². The Hall–Kier alpha value is -9.26. The van der Waals surface area contributed by atoms with Gasteiger partial charge in [0, 0.05) is 33.0 Å². The van der Waals surface area contributed by atoms with Gasteiger partial charge in [-0.3, -0.25) is 19.2 Å². The molecule has 84 heavy (non-hydrogen) atoms. The number of carbonyl (C=O) groups excluding carboxylic acids is 4. The van der Waals surface area contributed by atoms with Gasteiger partial charge in [0.25, 0.3) is 23.6 Å². The molecule has 0 radical (unpaired) electrons. The number of rotatable bonds is 10. The van der Waals surface area contributed by atoms with E-state index in [9.17, 15) is 0 Å². The largest absolute Gasteiger partial charge is 0.268 e. The fourth-order valence-corrected chi connectivity index (χ4v) is 14.9. The van der Waals surface area contributed by atoms with E-state index in [2.05, 4.69) is 214 Å². The van der Waals surface area contributed by atoms with Crippen molar-refractivity contribution in [2.45, 2.75) is 104 Å². The molecule has 2 atom stereocenters. The number of benzene rings is 13. The molecule has 0 aliphatic carbocycles. The van der Waals surface area contributed by atoms with Crippen LogP contribution in [0.3, 0.4) is 0 Å². The van der Waals surface area contributed by atoms with Crippen molar-refractivity contribution in [3.05, 3.63) is 226 Å². The molecule has 6 heteroatoms. The molecule has 2 unspecified atom stereocenters. The molecule has 0 saturated heterocycles. The Morgan fingerprint density at radius 1 is 0.321 bits per heavy atom. The van der Waals surface area contributed by atoms with Gasteiger partial charge in [0.2, 0.25) is 0 Å². The normalized spacial score (nSPS) is 14.8. The van der Waals surface area contributed by atoms with Crippen LogP contribution < -0.4 is 9.80 Å². The van der Waals surface area contributed by atoms with Gasteiger partial charge in [-0.1, -0.05) is 214 Å². The number of anilines is 2. The fourth-order valence-electron chi connectivity index (χ4n) is 14.9. The fraction of sp³-hybridized carbons (Fsp3) is 0.205. The minimum Gasteiger partial charge on any atom is -0.268 e. The van der Waals surface area contributed by atoms with E-state index in [-0.39, 0.29) is 52.7 Å². The molecule has 410 valence electrons. The van der Waals surface area contributed by atoms with Gasteiger partial charge in [-0.2, -0.15) is 0 Å². The number of nitrogens with zero attached hydrogens (tertiary/aromatic N) is 2. The highest BCUT2D eigenvalue weighted by molar-refractivity contribution is 6.44. The SMILES string of the molecule is CC(C)c1cccc(C(C)CCC(C)c2cccc(C(C)C)c2N2C(=O)c3ccc4c5cccc6c(-c7ccc(C(C)(C)C)cc7)ccc(c7ccc(c3c47)C2=O)c65)c1N1C(=O)c2ccc3c4cccc5cccc(c6ccc(c2c36)C1=O)c54. The second-order valence-electron chi connectivity index (χ2n) is 25.7. The van der Waals surface area contributed by atoms with Crippen molar-refractivity contribution in [1.82, 2.24) is 0 Å². The monoisotopic (exact) mass is 1090 g/mol. The molecule has 2 aliphatic heterocycles. The molecule has 0 aromatic heterocycles. The average Bonchev–Trinajstić information content (AvgIpc) is 0.792. The summed E-state index contributed by atoms with van der Waals surface area (Å²) >= 11 is 0. The first-order valence-electron chi connectivity index (χ1n) is 29.9. The standard InChI is InChI=1S/C78H64N2O4/c1-41(2)48-17-12-19-50(72(48)79-74(81)62-37-33-58-54-21-10-15-46-16-11-22-55(66(46)54)59-34-38-63(75(79)82)70(62)68(58)59)43(5)25-26-44(6)51-20-13-18-49(42(3)4)73(51)80-76(83)64-39-35-60-56-24-14-23-53-52(45-27-29-47(30-28-45)78(7,8)9)31-32-57(67(53)56)61-36-40-65(77(80)84)71(64)69(60)61/h10-24,27-44H,25-26H2,1-9H3. The molecule has 6 nitrogen and oxygen atoms in total. The molecule has 0 spiro atoms. The highest BCUT2D eigenvalue weighted by Gasteiger charge is 2.41. The first kappa shape index (κ1) is 51.6. The van der Waals surface area contributed by atoms with E-state index in [0.29, 0.717) is 51.9 Å². The Balaban J connectivity index is 0.773. The summed E-state index contributed by atoms with van der Waals surface area (Å²) in [6, 6.07) is 61.1. The highest BCUT2D eigenvalue weighted by atomic mass is 16.2. The van der Waals surface area contributed by atoms with E-state index in [4.69, 9.17) is 0 Å². The van der Waals surface area contributed by atoms with Crippen molar-refractivity contribution < 1.29 is 19.2 Å². The van der Waals surface area contributed by atoms with Gasteiger partial charge in [0.05, 0.1) is 11.4 Å². The van der Waals surface area contributed by atoms with Crippen molar-refractivity contribution in [1.29, 1.82) is 0 Å².